The van der Waals surface area contributed by atoms with Gasteiger partial charge in [0.15, 0.2) is 0 Å². The van der Waals surface area contributed by atoms with Crippen LogP contribution in [0.4, 0.5) is 0 Å². The summed E-state index contributed by atoms with van der Waals surface area (Å²) in [6.07, 6.45) is 5.48. The van der Waals surface area contributed by atoms with Crippen LogP contribution in [0, 0.1) is 0 Å². The van der Waals surface area contributed by atoms with Crippen LogP contribution in [-0.2, 0) is 6.42 Å². The average Bonchev–Trinajstić information content (AvgIpc) is 3.08. The molecule has 19 heavy (non-hydrogen) atoms. The highest BCUT2D eigenvalue weighted by Gasteiger charge is 2.16. The number of nitrogens with one attached hydrogen (secondary N) is 2. The average molecular weight is 262 g/mol. The minimum atomic E-state index is 0.132. The van der Waals surface area contributed by atoms with Gasteiger partial charge >= 0.3 is 0 Å². The summed E-state index contributed by atoms with van der Waals surface area (Å²) in [5.41, 5.74) is 1.07. The van der Waals surface area contributed by atoms with E-state index in [1.54, 1.807) is 0 Å². The number of rotatable bonds is 7. The summed E-state index contributed by atoms with van der Waals surface area (Å²) >= 11 is 0. The summed E-state index contributed by atoms with van der Waals surface area (Å²) in [6, 6.07) is 2.65. The van der Waals surface area contributed by atoms with Gasteiger partial charge in [-0.2, -0.15) is 10.2 Å². The summed E-state index contributed by atoms with van der Waals surface area (Å²) in [6.45, 7) is 7.32. The fraction of sp³-hybridized carbons (Fsp3) is 0.615. The van der Waals surface area contributed by atoms with E-state index < -0.39 is 0 Å². The molecule has 0 amide bonds. The molecule has 0 radical (unpaired) electrons. The van der Waals surface area contributed by atoms with E-state index in [4.69, 9.17) is 0 Å². The summed E-state index contributed by atoms with van der Waals surface area (Å²) < 4.78 is 2.03. The van der Waals surface area contributed by atoms with Gasteiger partial charge in [-0.3, -0.25) is 9.78 Å². The molecule has 2 unspecified atom stereocenters. The molecule has 2 aromatic heterocycles. The SMILES string of the molecule is CCNC(Cc1ccn(C(C)CC)n1)c1ncn[nH]1. The Kier molecular flexibility index (Phi) is 4.68. The second kappa shape index (κ2) is 6.47. The molecule has 0 spiro atoms. The normalized spacial score (nSPS) is 14.5. The van der Waals surface area contributed by atoms with E-state index in [1.807, 2.05) is 10.9 Å². The lowest BCUT2D eigenvalue weighted by molar-refractivity contribution is 0.464. The Bertz CT molecular complexity index is 475. The molecule has 0 aliphatic rings. The molecule has 0 saturated heterocycles. The molecule has 0 aromatic carbocycles. The van der Waals surface area contributed by atoms with E-state index in [-0.39, 0.29) is 6.04 Å². The third-order valence-electron chi connectivity index (χ3n) is 3.33. The second-order valence-corrected chi connectivity index (χ2v) is 4.73. The minimum absolute atomic E-state index is 0.132. The lowest BCUT2D eigenvalue weighted by Gasteiger charge is -2.14. The molecule has 104 valence electrons. The lowest BCUT2D eigenvalue weighted by atomic mass is 10.1. The van der Waals surface area contributed by atoms with E-state index in [0.29, 0.717) is 6.04 Å². The number of aromatic nitrogens is 5. The molecular formula is C13H22N6. The van der Waals surface area contributed by atoms with Crippen LogP contribution in [0.1, 0.15) is 50.8 Å². The zero-order valence-electron chi connectivity index (χ0n) is 11.8. The second-order valence-electron chi connectivity index (χ2n) is 4.73. The van der Waals surface area contributed by atoms with Crippen molar-refractivity contribution >= 4 is 0 Å². The predicted molar refractivity (Wildman–Crippen MR) is 73.7 cm³/mol. The van der Waals surface area contributed by atoms with E-state index in [0.717, 1.165) is 30.9 Å². The van der Waals surface area contributed by atoms with Crippen LogP contribution in [0.15, 0.2) is 18.6 Å². The molecule has 0 fully saturated rings. The summed E-state index contributed by atoms with van der Waals surface area (Å²) in [5.74, 6) is 0.861. The quantitative estimate of drug-likeness (QED) is 0.799. The van der Waals surface area contributed by atoms with Crippen molar-refractivity contribution in [2.24, 2.45) is 0 Å². The number of aromatic amines is 1. The standard InChI is InChI=1S/C13H22N6/c1-4-10(3)19-7-6-11(18-19)8-12(14-5-2)13-15-9-16-17-13/h6-7,9-10,12,14H,4-5,8H2,1-3H3,(H,15,16,17). The lowest BCUT2D eigenvalue weighted by Crippen LogP contribution is -2.24. The maximum Gasteiger partial charge on any atom is 0.141 e. The maximum absolute atomic E-state index is 4.63. The minimum Gasteiger partial charge on any atom is -0.307 e. The largest absolute Gasteiger partial charge is 0.307 e. The molecule has 0 bridgehead atoms. The Morgan fingerprint density at radius 2 is 2.26 bits per heavy atom. The number of hydrogen-bond acceptors (Lipinski definition) is 4. The Balaban J connectivity index is 2.07. The molecule has 0 aliphatic heterocycles. The highest BCUT2D eigenvalue weighted by atomic mass is 15.3. The van der Waals surface area contributed by atoms with Crippen LogP contribution in [0.5, 0.6) is 0 Å². The Morgan fingerprint density at radius 3 is 2.89 bits per heavy atom. The van der Waals surface area contributed by atoms with Gasteiger partial charge in [0.1, 0.15) is 12.2 Å². The van der Waals surface area contributed by atoms with Gasteiger partial charge < -0.3 is 5.32 Å². The molecular weight excluding hydrogens is 240 g/mol. The van der Waals surface area contributed by atoms with Crippen LogP contribution in [0.3, 0.4) is 0 Å². The Morgan fingerprint density at radius 1 is 1.42 bits per heavy atom. The zero-order chi connectivity index (χ0) is 13.7. The fourth-order valence-corrected chi connectivity index (χ4v) is 2.02. The van der Waals surface area contributed by atoms with Gasteiger partial charge in [0.05, 0.1) is 11.7 Å². The summed E-state index contributed by atoms with van der Waals surface area (Å²) in [5, 5.41) is 14.9. The topological polar surface area (TPSA) is 71.4 Å². The van der Waals surface area contributed by atoms with Crippen molar-refractivity contribution in [3.8, 4) is 0 Å². The van der Waals surface area contributed by atoms with E-state index >= 15 is 0 Å². The first-order valence-electron chi connectivity index (χ1n) is 6.87. The van der Waals surface area contributed by atoms with Crippen molar-refractivity contribution in [1.29, 1.82) is 0 Å². The van der Waals surface area contributed by atoms with Gasteiger partial charge in [0.25, 0.3) is 0 Å². The molecule has 2 rings (SSSR count). The van der Waals surface area contributed by atoms with Gasteiger partial charge in [0.2, 0.25) is 0 Å². The summed E-state index contributed by atoms with van der Waals surface area (Å²) in [7, 11) is 0. The molecule has 0 aliphatic carbocycles. The van der Waals surface area contributed by atoms with Crippen molar-refractivity contribution in [1.82, 2.24) is 30.3 Å². The van der Waals surface area contributed by atoms with Crippen molar-refractivity contribution in [3.05, 3.63) is 30.1 Å². The molecule has 2 aromatic rings. The van der Waals surface area contributed by atoms with Crippen LogP contribution in [0.25, 0.3) is 0 Å². The van der Waals surface area contributed by atoms with Crippen LogP contribution >= 0.6 is 0 Å². The molecule has 2 N–H and O–H groups in total. The van der Waals surface area contributed by atoms with Crippen molar-refractivity contribution in [3.63, 3.8) is 0 Å². The Labute approximate surface area is 113 Å². The van der Waals surface area contributed by atoms with Crippen LogP contribution in [-0.4, -0.2) is 31.5 Å². The monoisotopic (exact) mass is 262 g/mol. The maximum atomic E-state index is 4.63. The smallest absolute Gasteiger partial charge is 0.141 e. The fourth-order valence-electron chi connectivity index (χ4n) is 2.02. The highest BCUT2D eigenvalue weighted by molar-refractivity contribution is 5.06. The highest BCUT2D eigenvalue weighted by Crippen LogP contribution is 2.15. The van der Waals surface area contributed by atoms with Crippen molar-refractivity contribution in [2.45, 2.75) is 45.7 Å². The molecule has 2 heterocycles. The summed E-state index contributed by atoms with van der Waals surface area (Å²) in [4.78, 5) is 4.23. The van der Waals surface area contributed by atoms with Gasteiger partial charge in [-0.1, -0.05) is 13.8 Å². The molecule has 2 atom stereocenters. The number of likely N-dealkylation sites (N-methyl/N-ethyl adjacent to an activating group) is 1. The third-order valence-corrected chi connectivity index (χ3v) is 3.33. The van der Waals surface area contributed by atoms with Crippen molar-refractivity contribution in [2.75, 3.05) is 6.54 Å². The zero-order valence-corrected chi connectivity index (χ0v) is 11.8. The Hall–Kier alpha value is -1.69. The van der Waals surface area contributed by atoms with Gasteiger partial charge in [0, 0.05) is 18.7 Å². The van der Waals surface area contributed by atoms with Crippen LogP contribution < -0.4 is 5.32 Å². The first kappa shape index (κ1) is 13.7. The van der Waals surface area contributed by atoms with Crippen LogP contribution in [0.2, 0.25) is 0 Å². The van der Waals surface area contributed by atoms with E-state index in [2.05, 4.69) is 52.4 Å². The molecule has 6 nitrogen and oxygen atoms in total. The number of H-pyrrole nitrogens is 1. The third kappa shape index (κ3) is 3.41. The predicted octanol–water partition coefficient (Wildman–Crippen LogP) is 1.87. The molecule has 0 saturated carbocycles. The first-order valence-corrected chi connectivity index (χ1v) is 6.87. The van der Waals surface area contributed by atoms with Gasteiger partial charge in [-0.25, -0.2) is 4.98 Å². The van der Waals surface area contributed by atoms with E-state index in [9.17, 15) is 0 Å². The number of nitrogens with zero attached hydrogens (tertiary/aromatic N) is 4. The van der Waals surface area contributed by atoms with E-state index in [1.165, 1.54) is 6.33 Å². The molecule has 6 heteroatoms. The van der Waals surface area contributed by atoms with Gasteiger partial charge in [-0.15, -0.1) is 0 Å². The first-order chi connectivity index (χ1) is 9.24. The number of hydrogen-bond donors (Lipinski definition) is 2. The van der Waals surface area contributed by atoms with Crippen molar-refractivity contribution < 1.29 is 0 Å². The van der Waals surface area contributed by atoms with Gasteiger partial charge in [-0.05, 0) is 26.0 Å².